The first-order valence-electron chi connectivity index (χ1n) is 9.94. The summed E-state index contributed by atoms with van der Waals surface area (Å²) >= 11 is 0. The first kappa shape index (κ1) is 20.8. The molecule has 1 fully saturated rings. The molecule has 0 aliphatic carbocycles. The lowest BCUT2D eigenvalue weighted by atomic mass is 9.99. The predicted molar refractivity (Wildman–Crippen MR) is 116 cm³/mol. The highest BCUT2D eigenvalue weighted by Gasteiger charge is 2.39. The van der Waals surface area contributed by atoms with E-state index in [1.807, 2.05) is 65.7 Å². The topological polar surface area (TPSA) is 47.0 Å². The van der Waals surface area contributed by atoms with Crippen LogP contribution in [0.3, 0.4) is 0 Å². The molecule has 29 heavy (non-hydrogen) atoms. The number of hydrogen-bond acceptors (Lipinski definition) is 3. The molecule has 2 atom stereocenters. The number of rotatable bonds is 8. The zero-order chi connectivity index (χ0) is 20.6. The summed E-state index contributed by atoms with van der Waals surface area (Å²) in [4.78, 5) is 15.2. The van der Waals surface area contributed by atoms with Gasteiger partial charge in [0, 0.05) is 19.6 Å². The fraction of sp³-hybridized carbons (Fsp3) is 0.292. The van der Waals surface area contributed by atoms with E-state index in [2.05, 4.69) is 13.2 Å². The van der Waals surface area contributed by atoms with Gasteiger partial charge >= 0.3 is 6.03 Å². The quantitative estimate of drug-likeness (QED) is 0.701. The van der Waals surface area contributed by atoms with Crippen molar-refractivity contribution in [1.82, 2.24) is 14.9 Å². The van der Waals surface area contributed by atoms with Crippen LogP contribution in [0.15, 0.2) is 86.0 Å². The molecular weight excluding hydrogens is 362 g/mol. The van der Waals surface area contributed by atoms with Gasteiger partial charge in [0.05, 0.1) is 18.7 Å². The number of hydrazine groups is 1. The van der Waals surface area contributed by atoms with Gasteiger partial charge in [0.25, 0.3) is 0 Å². The van der Waals surface area contributed by atoms with Crippen molar-refractivity contribution in [3.8, 4) is 0 Å². The van der Waals surface area contributed by atoms with Crippen LogP contribution in [-0.4, -0.2) is 57.8 Å². The molecule has 0 radical (unpaired) electrons. The number of β-amino-alcohol motifs (C(OH)–C–C–N with tert-alkyl or cyclic N) is 1. The number of aliphatic hydroxyl groups is 1. The highest BCUT2D eigenvalue weighted by atomic mass is 16.3. The maximum absolute atomic E-state index is 13.5. The Morgan fingerprint density at radius 2 is 1.52 bits per heavy atom. The Bertz CT molecular complexity index is 809. The van der Waals surface area contributed by atoms with Crippen molar-refractivity contribution in [2.24, 2.45) is 0 Å². The minimum atomic E-state index is -0.697. The van der Waals surface area contributed by atoms with Crippen LogP contribution >= 0.6 is 0 Å². The summed E-state index contributed by atoms with van der Waals surface area (Å²) in [5.74, 6) is 0. The molecule has 2 aromatic carbocycles. The summed E-state index contributed by atoms with van der Waals surface area (Å²) in [5.41, 5.74) is 2.17. The van der Waals surface area contributed by atoms with Gasteiger partial charge in [-0.1, -0.05) is 72.8 Å². The molecule has 1 heterocycles. The molecule has 1 aliphatic rings. The fourth-order valence-electron chi connectivity index (χ4n) is 3.77. The molecule has 1 aliphatic heterocycles. The summed E-state index contributed by atoms with van der Waals surface area (Å²) in [6.45, 7) is 9.29. The molecule has 3 rings (SSSR count). The van der Waals surface area contributed by atoms with Gasteiger partial charge in [-0.2, -0.15) is 0 Å². The van der Waals surface area contributed by atoms with Gasteiger partial charge in [0.2, 0.25) is 0 Å². The lowest BCUT2D eigenvalue weighted by Crippen LogP contribution is -2.51. The highest BCUT2D eigenvalue weighted by molar-refractivity contribution is 5.75. The van der Waals surface area contributed by atoms with Crippen LogP contribution in [-0.2, 0) is 13.0 Å². The van der Waals surface area contributed by atoms with Crippen molar-refractivity contribution in [2.75, 3.05) is 19.6 Å². The van der Waals surface area contributed by atoms with Gasteiger partial charge < -0.3 is 10.0 Å². The number of amides is 2. The average Bonchev–Trinajstić information content (AvgIpc) is 2.82. The van der Waals surface area contributed by atoms with Gasteiger partial charge in [-0.05, 0) is 17.5 Å². The Morgan fingerprint density at radius 1 is 0.931 bits per heavy atom. The van der Waals surface area contributed by atoms with Crippen LogP contribution in [0.1, 0.15) is 11.1 Å². The van der Waals surface area contributed by atoms with Crippen LogP contribution < -0.4 is 0 Å². The van der Waals surface area contributed by atoms with Crippen molar-refractivity contribution in [3.63, 3.8) is 0 Å². The molecule has 0 aromatic heterocycles. The zero-order valence-electron chi connectivity index (χ0n) is 16.7. The largest absolute Gasteiger partial charge is 0.390 e. The van der Waals surface area contributed by atoms with Gasteiger partial charge in [-0.3, -0.25) is 5.01 Å². The Kier molecular flexibility index (Phi) is 7.22. The Balaban J connectivity index is 1.92. The van der Waals surface area contributed by atoms with Crippen LogP contribution in [0.2, 0.25) is 0 Å². The molecule has 0 spiro atoms. The van der Waals surface area contributed by atoms with E-state index in [1.54, 1.807) is 22.1 Å². The van der Waals surface area contributed by atoms with Gasteiger partial charge in [-0.15, -0.1) is 13.2 Å². The normalized spacial score (nSPS) is 20.4. The second-order valence-corrected chi connectivity index (χ2v) is 7.25. The second kappa shape index (κ2) is 10.0. The Labute approximate surface area is 173 Å². The standard InChI is InChI=1S/C24H29N3O2/c1-3-15-26-22(17-20-11-7-5-8-12-20)23(28)19-25(27(16-4-2)24(26)29)18-21-13-9-6-10-14-21/h3-14,22-23,28H,1-2,15-19H2/t22-,23-/m0/s1. The summed E-state index contributed by atoms with van der Waals surface area (Å²) in [5, 5.41) is 14.7. The van der Waals surface area contributed by atoms with Gasteiger partial charge in [0.15, 0.2) is 0 Å². The number of benzene rings is 2. The van der Waals surface area contributed by atoms with Crippen molar-refractivity contribution >= 4 is 6.03 Å². The molecule has 0 unspecified atom stereocenters. The SMILES string of the molecule is C=CCN1C(=O)N(CC=C)N(Cc2ccccc2)C[C@H](O)[C@@H]1Cc1ccccc1. The first-order chi connectivity index (χ1) is 14.1. The fourth-order valence-corrected chi connectivity index (χ4v) is 3.77. The van der Waals surface area contributed by atoms with Crippen molar-refractivity contribution in [3.05, 3.63) is 97.1 Å². The third-order valence-corrected chi connectivity index (χ3v) is 5.17. The molecule has 152 valence electrons. The smallest absolute Gasteiger partial charge is 0.335 e. The number of hydrogen-bond donors (Lipinski definition) is 1. The van der Waals surface area contributed by atoms with Crippen LogP contribution in [0.4, 0.5) is 4.79 Å². The van der Waals surface area contributed by atoms with Crippen molar-refractivity contribution < 1.29 is 9.90 Å². The zero-order valence-corrected chi connectivity index (χ0v) is 16.7. The second-order valence-electron chi connectivity index (χ2n) is 7.25. The van der Waals surface area contributed by atoms with E-state index in [-0.39, 0.29) is 12.1 Å². The van der Waals surface area contributed by atoms with E-state index in [4.69, 9.17) is 0 Å². The Hall–Kier alpha value is -2.89. The summed E-state index contributed by atoms with van der Waals surface area (Å²) in [6, 6.07) is 19.5. The van der Waals surface area contributed by atoms with E-state index in [9.17, 15) is 9.90 Å². The maximum atomic E-state index is 13.5. The minimum absolute atomic E-state index is 0.141. The van der Waals surface area contributed by atoms with Crippen molar-refractivity contribution in [2.45, 2.75) is 25.1 Å². The lowest BCUT2D eigenvalue weighted by Gasteiger charge is -2.35. The van der Waals surface area contributed by atoms with E-state index in [0.29, 0.717) is 32.6 Å². The highest BCUT2D eigenvalue weighted by Crippen LogP contribution is 2.22. The van der Waals surface area contributed by atoms with E-state index < -0.39 is 6.10 Å². The minimum Gasteiger partial charge on any atom is -0.390 e. The third kappa shape index (κ3) is 5.13. The number of aliphatic hydroxyl groups excluding tert-OH is 1. The molecular formula is C24H29N3O2. The molecule has 2 aromatic rings. The van der Waals surface area contributed by atoms with Crippen LogP contribution in [0.5, 0.6) is 0 Å². The molecule has 0 saturated carbocycles. The Morgan fingerprint density at radius 3 is 2.10 bits per heavy atom. The number of urea groups is 1. The number of carbonyl (C=O) groups is 1. The summed E-state index contributed by atoms with van der Waals surface area (Å²) < 4.78 is 0. The van der Waals surface area contributed by atoms with E-state index in [1.165, 1.54) is 0 Å². The molecule has 1 N–H and O–H groups in total. The number of carbonyl (C=O) groups excluding carboxylic acids is 1. The van der Waals surface area contributed by atoms with Crippen molar-refractivity contribution in [1.29, 1.82) is 0 Å². The predicted octanol–water partition coefficient (Wildman–Crippen LogP) is 3.49. The summed E-state index contributed by atoms with van der Waals surface area (Å²) in [7, 11) is 0. The first-order valence-corrected chi connectivity index (χ1v) is 9.94. The monoisotopic (exact) mass is 391 g/mol. The summed E-state index contributed by atoms with van der Waals surface area (Å²) in [6.07, 6.45) is 3.31. The van der Waals surface area contributed by atoms with E-state index >= 15 is 0 Å². The lowest BCUT2D eigenvalue weighted by molar-refractivity contribution is -0.00832. The molecule has 2 amide bonds. The van der Waals surface area contributed by atoms with E-state index in [0.717, 1.165) is 11.1 Å². The molecule has 5 nitrogen and oxygen atoms in total. The molecule has 0 bridgehead atoms. The third-order valence-electron chi connectivity index (χ3n) is 5.17. The molecule has 5 heteroatoms. The van der Waals surface area contributed by atoms with Gasteiger partial charge in [0.1, 0.15) is 0 Å². The van der Waals surface area contributed by atoms with Crippen LogP contribution in [0, 0.1) is 0 Å². The van der Waals surface area contributed by atoms with Gasteiger partial charge in [-0.25, -0.2) is 9.80 Å². The maximum Gasteiger partial charge on any atom is 0.335 e. The molecule has 1 saturated heterocycles. The van der Waals surface area contributed by atoms with Crippen LogP contribution in [0.25, 0.3) is 0 Å². The average molecular weight is 392 g/mol. The number of nitrogens with zero attached hydrogens (tertiary/aromatic N) is 3.